The fourth-order valence-corrected chi connectivity index (χ4v) is 3.07. The van der Waals surface area contributed by atoms with Crippen LogP contribution in [-0.2, 0) is 17.8 Å². The average molecular weight is 346 g/mol. The Hall–Kier alpha value is -2.51. The molecule has 0 saturated carbocycles. The SMILES string of the molecule is O=C(C[NH2+]Cc1ccco1)Nc1ncc(Cc2ccccc2F)s1. The van der Waals surface area contributed by atoms with Gasteiger partial charge in [-0.05, 0) is 23.8 Å². The van der Waals surface area contributed by atoms with Gasteiger partial charge in [0.15, 0.2) is 17.4 Å². The normalized spacial score (nSPS) is 10.7. The standard InChI is InChI=1S/C17H16FN3O2S/c18-15-6-2-1-4-12(15)8-14-10-20-17(24-14)21-16(22)11-19-9-13-5-3-7-23-13/h1-7,10,19H,8-9,11H2,(H,20,21,22)/p+1. The van der Waals surface area contributed by atoms with E-state index in [9.17, 15) is 9.18 Å². The molecule has 124 valence electrons. The maximum atomic E-state index is 13.7. The highest BCUT2D eigenvalue weighted by atomic mass is 32.1. The van der Waals surface area contributed by atoms with Crippen LogP contribution in [0.25, 0.3) is 0 Å². The summed E-state index contributed by atoms with van der Waals surface area (Å²) < 4.78 is 18.9. The maximum absolute atomic E-state index is 13.7. The number of carbonyl (C=O) groups is 1. The first-order valence-corrected chi connectivity index (χ1v) is 8.34. The molecule has 0 aliphatic rings. The number of halogens is 1. The molecule has 0 aliphatic carbocycles. The minimum atomic E-state index is -0.232. The van der Waals surface area contributed by atoms with Gasteiger partial charge in [0.25, 0.3) is 5.91 Å². The molecule has 0 fully saturated rings. The average Bonchev–Trinajstić information content (AvgIpc) is 3.22. The zero-order chi connectivity index (χ0) is 16.8. The Kier molecular flexibility index (Phi) is 5.35. The molecule has 2 aromatic heterocycles. The van der Waals surface area contributed by atoms with Crippen molar-refractivity contribution in [3.05, 3.63) is 70.9 Å². The Bertz CT molecular complexity index is 802. The number of hydrogen-bond donors (Lipinski definition) is 2. The predicted octanol–water partition coefficient (Wildman–Crippen LogP) is 2.17. The van der Waals surface area contributed by atoms with Gasteiger partial charge in [-0.25, -0.2) is 9.37 Å². The number of nitrogens with zero attached hydrogens (tertiary/aromatic N) is 1. The first-order chi connectivity index (χ1) is 11.7. The second-order valence-electron chi connectivity index (χ2n) is 5.22. The number of nitrogens with two attached hydrogens (primary N) is 1. The minimum absolute atomic E-state index is 0.131. The molecule has 3 aromatic rings. The second-order valence-corrected chi connectivity index (χ2v) is 6.34. The molecular formula is C17H17FN3O2S+. The number of furan rings is 1. The van der Waals surface area contributed by atoms with Crippen molar-refractivity contribution in [3.8, 4) is 0 Å². The summed E-state index contributed by atoms with van der Waals surface area (Å²) >= 11 is 1.35. The lowest BCUT2D eigenvalue weighted by Crippen LogP contribution is -2.84. The fourth-order valence-electron chi connectivity index (χ4n) is 2.22. The summed E-state index contributed by atoms with van der Waals surface area (Å²) in [5, 5.41) is 5.13. The Labute approximate surface area is 142 Å². The zero-order valence-corrected chi connectivity index (χ0v) is 13.7. The van der Waals surface area contributed by atoms with E-state index in [1.807, 2.05) is 17.4 Å². The molecule has 7 heteroatoms. The molecule has 0 saturated heterocycles. The maximum Gasteiger partial charge on any atom is 0.281 e. The van der Waals surface area contributed by atoms with Gasteiger partial charge in [-0.3, -0.25) is 10.1 Å². The third-order valence-electron chi connectivity index (χ3n) is 3.38. The van der Waals surface area contributed by atoms with Gasteiger partial charge >= 0.3 is 0 Å². The summed E-state index contributed by atoms with van der Waals surface area (Å²) in [6, 6.07) is 10.3. The van der Waals surface area contributed by atoms with Crippen molar-refractivity contribution < 1.29 is 18.9 Å². The van der Waals surface area contributed by atoms with Crippen LogP contribution in [0.4, 0.5) is 9.52 Å². The van der Waals surface area contributed by atoms with E-state index in [1.165, 1.54) is 17.4 Å². The van der Waals surface area contributed by atoms with Gasteiger partial charge in [0.2, 0.25) is 0 Å². The van der Waals surface area contributed by atoms with Crippen LogP contribution >= 0.6 is 11.3 Å². The summed E-state index contributed by atoms with van der Waals surface area (Å²) in [5.41, 5.74) is 0.616. The molecule has 0 aliphatic heterocycles. The summed E-state index contributed by atoms with van der Waals surface area (Å²) in [6.45, 7) is 0.889. The van der Waals surface area contributed by atoms with Crippen molar-refractivity contribution in [1.82, 2.24) is 4.98 Å². The largest absolute Gasteiger partial charge is 0.463 e. The second kappa shape index (κ2) is 7.85. The highest BCUT2D eigenvalue weighted by Crippen LogP contribution is 2.22. The number of anilines is 1. The third kappa shape index (κ3) is 4.50. The number of hydrogen-bond acceptors (Lipinski definition) is 4. The first kappa shape index (κ1) is 16.4. The van der Waals surface area contributed by atoms with E-state index in [0.717, 1.165) is 10.6 Å². The first-order valence-electron chi connectivity index (χ1n) is 7.53. The zero-order valence-electron chi connectivity index (χ0n) is 12.9. The number of quaternary nitrogens is 1. The van der Waals surface area contributed by atoms with Crippen LogP contribution in [0.15, 0.2) is 53.3 Å². The van der Waals surface area contributed by atoms with Crippen molar-refractivity contribution in [2.45, 2.75) is 13.0 Å². The van der Waals surface area contributed by atoms with E-state index in [4.69, 9.17) is 4.42 Å². The number of aromatic nitrogens is 1. The monoisotopic (exact) mass is 346 g/mol. The van der Waals surface area contributed by atoms with Crippen LogP contribution in [0.5, 0.6) is 0 Å². The molecule has 1 amide bonds. The molecule has 0 radical (unpaired) electrons. The van der Waals surface area contributed by atoms with Crippen molar-refractivity contribution in [3.63, 3.8) is 0 Å². The number of thiazole rings is 1. The Morgan fingerprint density at radius 3 is 2.96 bits per heavy atom. The Morgan fingerprint density at radius 1 is 1.29 bits per heavy atom. The summed E-state index contributed by atoms with van der Waals surface area (Å²) in [5.74, 6) is 0.460. The molecule has 24 heavy (non-hydrogen) atoms. The summed E-state index contributed by atoms with van der Waals surface area (Å²) in [4.78, 5) is 17.0. The van der Waals surface area contributed by atoms with E-state index in [-0.39, 0.29) is 18.3 Å². The fraction of sp³-hybridized carbons (Fsp3) is 0.176. The van der Waals surface area contributed by atoms with Crippen LogP contribution in [0.1, 0.15) is 16.2 Å². The van der Waals surface area contributed by atoms with Gasteiger partial charge in [0.1, 0.15) is 12.4 Å². The van der Waals surface area contributed by atoms with Gasteiger partial charge in [0, 0.05) is 17.5 Å². The molecule has 0 bridgehead atoms. The third-order valence-corrected chi connectivity index (χ3v) is 4.29. The summed E-state index contributed by atoms with van der Waals surface area (Å²) in [6.07, 6.45) is 3.74. The lowest BCUT2D eigenvalue weighted by atomic mass is 10.1. The van der Waals surface area contributed by atoms with Gasteiger partial charge in [-0.15, -0.1) is 11.3 Å². The van der Waals surface area contributed by atoms with Crippen molar-refractivity contribution in [1.29, 1.82) is 0 Å². The topological polar surface area (TPSA) is 71.7 Å². The number of rotatable bonds is 7. The smallest absolute Gasteiger partial charge is 0.281 e. The Balaban J connectivity index is 1.48. The van der Waals surface area contributed by atoms with Crippen molar-refractivity contribution in [2.24, 2.45) is 0 Å². The number of nitrogens with one attached hydrogen (secondary N) is 1. The number of benzene rings is 1. The summed E-state index contributed by atoms with van der Waals surface area (Å²) in [7, 11) is 0. The van der Waals surface area contributed by atoms with Crippen LogP contribution in [0.3, 0.4) is 0 Å². The van der Waals surface area contributed by atoms with E-state index in [2.05, 4.69) is 10.3 Å². The van der Waals surface area contributed by atoms with Crippen molar-refractivity contribution in [2.75, 3.05) is 11.9 Å². The molecule has 2 heterocycles. The molecular weight excluding hydrogens is 329 g/mol. The van der Waals surface area contributed by atoms with E-state index >= 15 is 0 Å². The number of amides is 1. The van der Waals surface area contributed by atoms with Gasteiger partial charge in [-0.2, -0.15) is 0 Å². The quantitative estimate of drug-likeness (QED) is 0.689. The van der Waals surface area contributed by atoms with Crippen LogP contribution in [-0.4, -0.2) is 17.4 Å². The van der Waals surface area contributed by atoms with E-state index < -0.39 is 0 Å². The molecule has 0 unspecified atom stereocenters. The molecule has 0 spiro atoms. The highest BCUT2D eigenvalue weighted by Gasteiger charge is 2.10. The van der Waals surface area contributed by atoms with Crippen LogP contribution < -0.4 is 10.6 Å². The van der Waals surface area contributed by atoms with Crippen LogP contribution in [0.2, 0.25) is 0 Å². The van der Waals surface area contributed by atoms with Gasteiger partial charge in [-0.1, -0.05) is 18.2 Å². The Morgan fingerprint density at radius 2 is 2.17 bits per heavy atom. The van der Waals surface area contributed by atoms with Gasteiger partial charge in [0.05, 0.1) is 6.26 Å². The lowest BCUT2D eigenvalue weighted by molar-refractivity contribution is -0.661. The molecule has 5 nitrogen and oxygen atoms in total. The molecule has 3 rings (SSSR count). The lowest BCUT2D eigenvalue weighted by Gasteiger charge is -2.01. The number of carbonyl (C=O) groups excluding carboxylic acids is 1. The van der Waals surface area contributed by atoms with E-state index in [1.54, 1.807) is 30.7 Å². The van der Waals surface area contributed by atoms with Crippen LogP contribution in [0, 0.1) is 5.82 Å². The minimum Gasteiger partial charge on any atom is -0.463 e. The molecule has 3 N–H and O–H groups in total. The molecule has 1 aromatic carbocycles. The molecule has 0 atom stereocenters. The highest BCUT2D eigenvalue weighted by molar-refractivity contribution is 7.15. The van der Waals surface area contributed by atoms with E-state index in [0.29, 0.717) is 23.7 Å². The van der Waals surface area contributed by atoms with Crippen molar-refractivity contribution >= 4 is 22.4 Å². The van der Waals surface area contributed by atoms with Gasteiger partial charge < -0.3 is 9.73 Å². The predicted molar refractivity (Wildman–Crippen MR) is 89.2 cm³/mol.